The smallest absolute Gasteiger partial charge is 0.334 e. The molecule has 186 valence electrons. The Morgan fingerprint density at radius 3 is 2.65 bits per heavy atom. The van der Waals surface area contributed by atoms with Crippen molar-refractivity contribution in [3.05, 3.63) is 23.3 Å². The number of epoxide rings is 1. The Morgan fingerprint density at radius 2 is 1.94 bits per heavy atom. The van der Waals surface area contributed by atoms with Gasteiger partial charge in [-0.15, -0.1) is 0 Å². The van der Waals surface area contributed by atoms with Crippen molar-refractivity contribution < 1.29 is 29.3 Å². The van der Waals surface area contributed by atoms with E-state index in [4.69, 9.17) is 9.47 Å². The summed E-state index contributed by atoms with van der Waals surface area (Å²) in [5.74, 6) is 1.52. The van der Waals surface area contributed by atoms with Gasteiger partial charge in [-0.3, -0.25) is 4.79 Å². The molecule has 1 spiro atoms. The third-order valence-electron chi connectivity index (χ3n) is 11.6. The minimum atomic E-state index is -0.721. The molecule has 0 aromatic carbocycles. The normalized spacial score (nSPS) is 50.8. The standard InChI is InChI=1S/C28H38O6/c1-14-16(13-33-25(14)32)11-21(29)15(2)18-5-6-19-17-12-24-28(34-24)23(31)8-7-22(30)27(28,4)20(17)9-10-26(18,19)3/h7-8,15,17-21,23-24,29,31H,5-6,9-13H2,1-4H3/t15-,17?,18?,19?,20?,21-,23+,24-,26?,27?,28-/m1/s1. The summed E-state index contributed by atoms with van der Waals surface area (Å²) in [6, 6.07) is 0. The first kappa shape index (κ1) is 22.9. The maximum atomic E-state index is 13.3. The molecule has 4 aliphatic carbocycles. The van der Waals surface area contributed by atoms with E-state index in [9.17, 15) is 19.8 Å². The molecule has 6 aliphatic rings. The lowest BCUT2D eigenvalue weighted by Gasteiger charge is -2.58. The zero-order valence-corrected chi connectivity index (χ0v) is 20.8. The molecule has 1 saturated heterocycles. The van der Waals surface area contributed by atoms with Crippen molar-refractivity contribution in [2.45, 2.75) is 90.1 Å². The van der Waals surface area contributed by atoms with Crippen molar-refractivity contribution in [3.8, 4) is 0 Å². The summed E-state index contributed by atoms with van der Waals surface area (Å²) in [6.45, 7) is 8.74. The fraction of sp³-hybridized carbons (Fsp3) is 0.786. The van der Waals surface area contributed by atoms with Crippen LogP contribution in [0.4, 0.5) is 0 Å². The van der Waals surface area contributed by atoms with Crippen molar-refractivity contribution in [1.29, 1.82) is 0 Å². The van der Waals surface area contributed by atoms with Gasteiger partial charge >= 0.3 is 5.97 Å². The summed E-state index contributed by atoms with van der Waals surface area (Å²) in [7, 11) is 0. The molecule has 4 fully saturated rings. The van der Waals surface area contributed by atoms with Crippen LogP contribution >= 0.6 is 0 Å². The van der Waals surface area contributed by atoms with Gasteiger partial charge < -0.3 is 19.7 Å². The molecule has 0 radical (unpaired) electrons. The first-order valence-electron chi connectivity index (χ1n) is 13.2. The van der Waals surface area contributed by atoms with E-state index in [0.717, 1.165) is 37.7 Å². The van der Waals surface area contributed by atoms with Crippen LogP contribution in [0.5, 0.6) is 0 Å². The van der Waals surface area contributed by atoms with Crippen LogP contribution in [-0.2, 0) is 19.1 Å². The van der Waals surface area contributed by atoms with E-state index in [1.54, 1.807) is 19.1 Å². The highest BCUT2D eigenvalue weighted by molar-refractivity contribution is 5.98. The Balaban J connectivity index is 1.24. The Kier molecular flexibility index (Phi) is 4.90. The van der Waals surface area contributed by atoms with Gasteiger partial charge in [-0.1, -0.05) is 13.8 Å². The number of aliphatic hydroxyl groups is 2. The Morgan fingerprint density at radius 1 is 1.18 bits per heavy atom. The van der Waals surface area contributed by atoms with Crippen LogP contribution in [0.3, 0.4) is 0 Å². The third-order valence-corrected chi connectivity index (χ3v) is 11.6. The van der Waals surface area contributed by atoms with Crippen molar-refractivity contribution in [2.24, 2.45) is 40.4 Å². The highest BCUT2D eigenvalue weighted by atomic mass is 16.6. The van der Waals surface area contributed by atoms with Crippen LogP contribution < -0.4 is 0 Å². The molecule has 6 heteroatoms. The average molecular weight is 471 g/mol. The molecule has 34 heavy (non-hydrogen) atoms. The number of rotatable bonds is 4. The number of esters is 1. The Bertz CT molecular complexity index is 999. The van der Waals surface area contributed by atoms with Crippen LogP contribution in [0.2, 0.25) is 0 Å². The second-order valence-corrected chi connectivity index (χ2v) is 12.5. The zero-order valence-electron chi connectivity index (χ0n) is 20.8. The van der Waals surface area contributed by atoms with Gasteiger partial charge in [0.15, 0.2) is 5.78 Å². The predicted octanol–water partition coefficient (Wildman–Crippen LogP) is 3.35. The second-order valence-electron chi connectivity index (χ2n) is 12.5. The topological polar surface area (TPSA) is 96.4 Å². The lowest BCUT2D eigenvalue weighted by Crippen LogP contribution is -2.63. The van der Waals surface area contributed by atoms with Crippen molar-refractivity contribution in [1.82, 2.24) is 0 Å². The number of fused-ring (bicyclic) bond motifs is 4. The first-order valence-corrected chi connectivity index (χ1v) is 13.2. The minimum Gasteiger partial charge on any atom is -0.458 e. The van der Waals surface area contributed by atoms with E-state index in [-0.39, 0.29) is 35.1 Å². The monoisotopic (exact) mass is 470 g/mol. The molecule has 0 aromatic rings. The molecule has 6 nitrogen and oxygen atoms in total. The number of ketones is 1. The van der Waals surface area contributed by atoms with E-state index < -0.39 is 23.2 Å². The molecule has 6 rings (SSSR count). The van der Waals surface area contributed by atoms with E-state index in [1.165, 1.54) is 0 Å². The van der Waals surface area contributed by atoms with Crippen LogP contribution in [0.25, 0.3) is 0 Å². The number of ether oxygens (including phenoxy) is 2. The number of allylic oxidation sites excluding steroid dienone is 1. The highest BCUT2D eigenvalue weighted by Gasteiger charge is 2.80. The maximum Gasteiger partial charge on any atom is 0.334 e. The molecule has 0 aromatic heterocycles. The van der Waals surface area contributed by atoms with Gasteiger partial charge in [0.1, 0.15) is 18.3 Å². The Labute approximate surface area is 201 Å². The zero-order chi connectivity index (χ0) is 24.2. The average Bonchev–Trinajstić information content (AvgIpc) is 3.33. The van der Waals surface area contributed by atoms with E-state index in [1.807, 2.05) is 0 Å². The van der Waals surface area contributed by atoms with Gasteiger partial charge in [-0.25, -0.2) is 4.79 Å². The molecule has 3 saturated carbocycles. The lowest BCUT2D eigenvalue weighted by atomic mass is 9.44. The summed E-state index contributed by atoms with van der Waals surface area (Å²) in [4.78, 5) is 25.0. The highest BCUT2D eigenvalue weighted by Crippen LogP contribution is 2.73. The quantitative estimate of drug-likeness (QED) is 0.483. The Hall–Kier alpha value is -1.50. The SMILES string of the molecule is CC1=C(C[C@@H](O)[C@H](C)C2CCC3C4C[C@H]5O[C@]56[C@@H](O)C=CC(=O)C6(C)C4CCC32C)COC1=O. The van der Waals surface area contributed by atoms with Crippen molar-refractivity contribution >= 4 is 11.8 Å². The lowest BCUT2D eigenvalue weighted by molar-refractivity contribution is -0.151. The fourth-order valence-corrected chi connectivity index (χ4v) is 9.52. The largest absolute Gasteiger partial charge is 0.458 e. The third kappa shape index (κ3) is 2.68. The summed E-state index contributed by atoms with van der Waals surface area (Å²) in [5.41, 5.74) is 0.321. The summed E-state index contributed by atoms with van der Waals surface area (Å²) >= 11 is 0. The van der Waals surface area contributed by atoms with Crippen LogP contribution in [0, 0.1) is 40.4 Å². The molecule has 11 atom stereocenters. The van der Waals surface area contributed by atoms with Crippen molar-refractivity contribution in [3.63, 3.8) is 0 Å². The van der Waals surface area contributed by atoms with E-state index >= 15 is 0 Å². The van der Waals surface area contributed by atoms with Gasteiger partial charge in [-0.05, 0) is 105 Å². The van der Waals surface area contributed by atoms with Gasteiger partial charge in [0.05, 0.1) is 17.6 Å². The van der Waals surface area contributed by atoms with Crippen LogP contribution in [0.15, 0.2) is 23.3 Å². The molecular formula is C28H38O6. The molecular weight excluding hydrogens is 432 g/mol. The van der Waals surface area contributed by atoms with E-state index in [2.05, 4.69) is 20.8 Å². The summed E-state index contributed by atoms with van der Waals surface area (Å²) in [5, 5.41) is 22.0. The molecule has 2 N–H and O–H groups in total. The molecule has 0 bridgehead atoms. The second kappa shape index (κ2) is 7.27. The number of aliphatic hydroxyl groups excluding tert-OH is 2. The number of hydrogen-bond donors (Lipinski definition) is 2. The summed E-state index contributed by atoms with van der Waals surface area (Å²) in [6.07, 6.45) is 7.60. The van der Waals surface area contributed by atoms with Gasteiger partial charge in [-0.2, -0.15) is 0 Å². The maximum absolute atomic E-state index is 13.3. The van der Waals surface area contributed by atoms with Gasteiger partial charge in [0.2, 0.25) is 0 Å². The molecule has 0 amide bonds. The number of hydrogen-bond acceptors (Lipinski definition) is 6. The minimum absolute atomic E-state index is 0.0399. The number of carbonyl (C=O) groups is 2. The summed E-state index contributed by atoms with van der Waals surface area (Å²) < 4.78 is 11.4. The predicted molar refractivity (Wildman–Crippen MR) is 124 cm³/mol. The van der Waals surface area contributed by atoms with Crippen LogP contribution in [-0.4, -0.2) is 52.5 Å². The van der Waals surface area contributed by atoms with Crippen LogP contribution in [0.1, 0.15) is 66.2 Å². The van der Waals surface area contributed by atoms with Gasteiger partial charge in [0.25, 0.3) is 0 Å². The van der Waals surface area contributed by atoms with Gasteiger partial charge in [0, 0.05) is 5.57 Å². The number of carbonyl (C=O) groups excluding carboxylic acids is 2. The fourth-order valence-electron chi connectivity index (χ4n) is 9.52. The number of cyclic esters (lactones) is 1. The van der Waals surface area contributed by atoms with Crippen molar-refractivity contribution in [2.75, 3.05) is 6.61 Å². The first-order chi connectivity index (χ1) is 16.1. The van der Waals surface area contributed by atoms with E-state index in [0.29, 0.717) is 36.4 Å². The molecule has 2 aliphatic heterocycles. The molecule has 6 unspecified atom stereocenters. The molecule has 2 heterocycles.